The summed E-state index contributed by atoms with van der Waals surface area (Å²) in [6.07, 6.45) is -2.65. The third-order valence-electron chi connectivity index (χ3n) is 3.88. The number of hydrogen-bond donors (Lipinski definition) is 1. The summed E-state index contributed by atoms with van der Waals surface area (Å²) in [4.78, 5) is 7.50. The Hall–Kier alpha value is -2.82. The van der Waals surface area contributed by atoms with Gasteiger partial charge in [-0.15, -0.1) is 0 Å². The van der Waals surface area contributed by atoms with Gasteiger partial charge in [-0.2, -0.15) is 13.2 Å². The van der Waals surface area contributed by atoms with E-state index in [4.69, 9.17) is 0 Å². The molecule has 114 valence electrons. The fourth-order valence-electron chi connectivity index (χ4n) is 2.73. The van der Waals surface area contributed by atoms with Crippen molar-refractivity contribution >= 4 is 21.8 Å². The van der Waals surface area contributed by atoms with Gasteiger partial charge in [0.1, 0.15) is 0 Å². The van der Waals surface area contributed by atoms with Crippen molar-refractivity contribution in [2.75, 3.05) is 0 Å². The van der Waals surface area contributed by atoms with E-state index >= 15 is 0 Å². The second-order valence-electron chi connectivity index (χ2n) is 5.35. The lowest BCUT2D eigenvalue weighted by molar-refractivity contribution is -0.137. The average molecular weight is 312 g/mol. The third kappa shape index (κ3) is 2.34. The van der Waals surface area contributed by atoms with Gasteiger partial charge in [0.25, 0.3) is 0 Å². The van der Waals surface area contributed by atoms with Gasteiger partial charge < -0.3 is 4.98 Å². The van der Waals surface area contributed by atoms with Crippen molar-refractivity contribution in [2.45, 2.75) is 6.18 Å². The lowest BCUT2D eigenvalue weighted by Gasteiger charge is -2.06. The molecule has 2 heterocycles. The van der Waals surface area contributed by atoms with Gasteiger partial charge >= 0.3 is 6.18 Å². The monoisotopic (exact) mass is 312 g/mol. The summed E-state index contributed by atoms with van der Waals surface area (Å²) in [6.45, 7) is 0. The molecule has 0 spiro atoms. The topological polar surface area (TPSA) is 28.7 Å². The number of nitrogens with zero attached hydrogens (tertiary/aromatic N) is 1. The van der Waals surface area contributed by atoms with Crippen LogP contribution in [-0.4, -0.2) is 9.97 Å². The second kappa shape index (κ2) is 4.84. The van der Waals surface area contributed by atoms with E-state index in [0.717, 1.165) is 39.7 Å². The van der Waals surface area contributed by atoms with Crippen LogP contribution in [0.1, 0.15) is 5.56 Å². The van der Waals surface area contributed by atoms with Gasteiger partial charge in [0.15, 0.2) is 0 Å². The summed E-state index contributed by atoms with van der Waals surface area (Å²) in [5.41, 5.74) is 2.16. The van der Waals surface area contributed by atoms with Crippen LogP contribution in [0.15, 0.2) is 60.8 Å². The molecule has 2 nitrogen and oxygen atoms in total. The molecule has 0 saturated carbocycles. The molecule has 5 heteroatoms. The molecule has 0 unspecified atom stereocenters. The second-order valence-corrected chi connectivity index (χ2v) is 5.35. The third-order valence-corrected chi connectivity index (χ3v) is 3.88. The highest BCUT2D eigenvalue weighted by molar-refractivity contribution is 5.96. The van der Waals surface area contributed by atoms with Crippen molar-refractivity contribution in [3.8, 4) is 11.3 Å². The normalized spacial score (nSPS) is 12.1. The molecule has 0 saturated heterocycles. The minimum atomic E-state index is -4.35. The van der Waals surface area contributed by atoms with E-state index in [1.807, 2.05) is 36.4 Å². The van der Waals surface area contributed by atoms with E-state index in [9.17, 15) is 13.2 Å². The zero-order valence-corrected chi connectivity index (χ0v) is 11.9. The number of aromatic amines is 1. The Morgan fingerprint density at radius 1 is 0.913 bits per heavy atom. The molecule has 0 radical (unpaired) electrons. The highest BCUT2D eigenvalue weighted by Gasteiger charge is 2.30. The quantitative estimate of drug-likeness (QED) is 0.501. The zero-order chi connectivity index (χ0) is 16.0. The van der Waals surface area contributed by atoms with Crippen LogP contribution >= 0.6 is 0 Å². The molecule has 2 aromatic heterocycles. The predicted octanol–water partition coefficient (Wildman–Crippen LogP) is 5.40. The van der Waals surface area contributed by atoms with Gasteiger partial charge in [-0.05, 0) is 24.3 Å². The number of H-pyrrole nitrogens is 1. The molecule has 2 aromatic carbocycles. The van der Waals surface area contributed by atoms with E-state index in [-0.39, 0.29) is 0 Å². The van der Waals surface area contributed by atoms with Crippen LogP contribution in [0.4, 0.5) is 13.2 Å². The molecular weight excluding hydrogens is 301 g/mol. The van der Waals surface area contributed by atoms with E-state index < -0.39 is 11.7 Å². The first-order chi connectivity index (χ1) is 11.0. The summed E-state index contributed by atoms with van der Waals surface area (Å²) < 4.78 is 38.4. The number of alkyl halides is 3. The molecule has 0 aliphatic carbocycles. The fraction of sp³-hybridized carbons (Fsp3) is 0.0556. The van der Waals surface area contributed by atoms with Gasteiger partial charge in [0, 0.05) is 28.0 Å². The Morgan fingerprint density at radius 2 is 1.74 bits per heavy atom. The zero-order valence-electron chi connectivity index (χ0n) is 11.9. The number of benzene rings is 2. The summed E-state index contributed by atoms with van der Waals surface area (Å²) in [6, 6.07) is 15.3. The maximum Gasteiger partial charge on any atom is 0.416 e. The van der Waals surface area contributed by atoms with E-state index in [0.29, 0.717) is 5.52 Å². The van der Waals surface area contributed by atoms with Gasteiger partial charge in [-0.25, -0.2) is 4.98 Å². The van der Waals surface area contributed by atoms with Crippen molar-refractivity contribution in [3.05, 3.63) is 66.4 Å². The first kappa shape index (κ1) is 13.8. The SMILES string of the molecule is FC(F)(F)c1ccc2c(-c3ccc4ccccc4n3)c[nH]c2c1. The van der Waals surface area contributed by atoms with Crippen LogP contribution in [0, 0.1) is 0 Å². The Balaban J connectivity index is 1.87. The highest BCUT2D eigenvalue weighted by atomic mass is 19.4. The van der Waals surface area contributed by atoms with Crippen molar-refractivity contribution in [1.29, 1.82) is 0 Å². The van der Waals surface area contributed by atoms with Gasteiger partial charge in [-0.1, -0.05) is 30.3 Å². The fourth-order valence-corrected chi connectivity index (χ4v) is 2.73. The number of hydrogen-bond acceptors (Lipinski definition) is 1. The van der Waals surface area contributed by atoms with Crippen molar-refractivity contribution in [3.63, 3.8) is 0 Å². The molecular formula is C18H11F3N2. The van der Waals surface area contributed by atoms with E-state index in [1.165, 1.54) is 6.07 Å². The average Bonchev–Trinajstić information content (AvgIpc) is 2.96. The molecule has 23 heavy (non-hydrogen) atoms. The van der Waals surface area contributed by atoms with Crippen molar-refractivity contribution in [1.82, 2.24) is 9.97 Å². The first-order valence-electron chi connectivity index (χ1n) is 7.07. The number of para-hydroxylation sites is 1. The molecule has 0 aliphatic heterocycles. The van der Waals surface area contributed by atoms with Crippen LogP contribution in [0.2, 0.25) is 0 Å². The Kier molecular flexibility index (Phi) is 2.91. The maximum atomic E-state index is 12.8. The highest BCUT2D eigenvalue weighted by Crippen LogP contribution is 2.34. The molecule has 0 bridgehead atoms. The molecule has 0 aliphatic rings. The first-order valence-corrected chi connectivity index (χ1v) is 7.07. The number of pyridine rings is 1. The molecule has 1 N–H and O–H groups in total. The number of aromatic nitrogens is 2. The number of fused-ring (bicyclic) bond motifs is 2. The number of halogens is 3. The van der Waals surface area contributed by atoms with Crippen molar-refractivity contribution < 1.29 is 13.2 Å². The molecule has 0 fully saturated rings. The van der Waals surface area contributed by atoms with Crippen LogP contribution in [0.25, 0.3) is 33.1 Å². The van der Waals surface area contributed by atoms with Crippen LogP contribution in [0.3, 0.4) is 0 Å². The van der Waals surface area contributed by atoms with E-state index in [2.05, 4.69) is 9.97 Å². The van der Waals surface area contributed by atoms with E-state index in [1.54, 1.807) is 6.20 Å². The van der Waals surface area contributed by atoms with Crippen molar-refractivity contribution in [2.24, 2.45) is 0 Å². The van der Waals surface area contributed by atoms with Gasteiger partial charge in [-0.3, -0.25) is 0 Å². The molecule has 0 amide bonds. The smallest absolute Gasteiger partial charge is 0.360 e. The lowest BCUT2D eigenvalue weighted by Crippen LogP contribution is -2.04. The molecule has 4 aromatic rings. The summed E-state index contributed by atoms with van der Waals surface area (Å²) >= 11 is 0. The van der Waals surface area contributed by atoms with Gasteiger partial charge in [0.05, 0.1) is 16.8 Å². The lowest BCUT2D eigenvalue weighted by atomic mass is 10.1. The minimum absolute atomic E-state index is 0.449. The Morgan fingerprint density at radius 3 is 2.57 bits per heavy atom. The number of nitrogens with one attached hydrogen (secondary N) is 1. The molecule has 4 rings (SSSR count). The summed E-state index contributed by atoms with van der Waals surface area (Å²) in [5.74, 6) is 0. The number of rotatable bonds is 1. The van der Waals surface area contributed by atoms with Crippen LogP contribution in [-0.2, 0) is 6.18 Å². The van der Waals surface area contributed by atoms with Gasteiger partial charge in [0.2, 0.25) is 0 Å². The van der Waals surface area contributed by atoms with Crippen LogP contribution < -0.4 is 0 Å². The standard InChI is InChI=1S/C18H11F3N2/c19-18(20,21)12-6-7-13-14(10-22-17(13)9-12)16-8-5-11-3-1-2-4-15(11)23-16/h1-10,22H. The largest absolute Gasteiger partial charge is 0.416 e. The maximum absolute atomic E-state index is 12.8. The Labute approximate surface area is 129 Å². The Bertz CT molecular complexity index is 1020. The summed E-state index contributed by atoms with van der Waals surface area (Å²) in [7, 11) is 0. The minimum Gasteiger partial charge on any atom is -0.360 e. The summed E-state index contributed by atoms with van der Waals surface area (Å²) in [5, 5.41) is 1.75. The predicted molar refractivity (Wildman–Crippen MR) is 84.0 cm³/mol. The molecule has 0 atom stereocenters. The van der Waals surface area contributed by atoms with Crippen LogP contribution in [0.5, 0.6) is 0 Å².